The standard InChI is InChI=1S/C24H35N5O3/c1-17(2)27-9-7-19(8-10-27)32-20-5-6-21-18(15-20)16-22(25-21)23(30)28-11-13-29(14-12-28)24(31)26(3)4/h5-6,15-17,19,25H,7-14H2,1-4H3. The number of aromatic nitrogens is 1. The average molecular weight is 442 g/mol. The molecule has 2 saturated heterocycles. The van der Waals surface area contributed by atoms with E-state index in [2.05, 4.69) is 23.7 Å². The van der Waals surface area contributed by atoms with Crippen LogP contribution in [0.15, 0.2) is 24.3 Å². The Hall–Kier alpha value is -2.74. The van der Waals surface area contributed by atoms with Crippen molar-refractivity contribution in [3.8, 4) is 5.75 Å². The van der Waals surface area contributed by atoms with Crippen molar-refractivity contribution in [1.82, 2.24) is 24.6 Å². The number of hydrogen-bond donors (Lipinski definition) is 1. The van der Waals surface area contributed by atoms with Crippen molar-refractivity contribution in [2.75, 3.05) is 53.4 Å². The normalized spacial score (nSPS) is 18.4. The maximum atomic E-state index is 13.0. The lowest BCUT2D eigenvalue weighted by Crippen LogP contribution is -2.52. The number of nitrogens with one attached hydrogen (secondary N) is 1. The molecule has 0 unspecified atom stereocenters. The Balaban J connectivity index is 1.37. The first-order valence-corrected chi connectivity index (χ1v) is 11.6. The minimum atomic E-state index is -0.0262. The summed E-state index contributed by atoms with van der Waals surface area (Å²) in [6, 6.07) is 8.46. The number of carbonyl (C=O) groups excluding carboxylic acids is 2. The second kappa shape index (κ2) is 9.40. The molecular formula is C24H35N5O3. The zero-order valence-electron chi connectivity index (χ0n) is 19.6. The van der Waals surface area contributed by atoms with Gasteiger partial charge in [0.05, 0.1) is 0 Å². The van der Waals surface area contributed by atoms with Gasteiger partial charge in [-0.3, -0.25) is 4.79 Å². The third-order valence-corrected chi connectivity index (χ3v) is 6.55. The monoisotopic (exact) mass is 441 g/mol. The van der Waals surface area contributed by atoms with Gasteiger partial charge in [-0.25, -0.2) is 4.79 Å². The van der Waals surface area contributed by atoms with Gasteiger partial charge in [-0.15, -0.1) is 0 Å². The third kappa shape index (κ3) is 4.85. The van der Waals surface area contributed by atoms with Crippen LogP contribution in [0.1, 0.15) is 37.2 Å². The molecule has 2 aliphatic heterocycles. The Bertz CT molecular complexity index is 954. The molecule has 2 fully saturated rings. The van der Waals surface area contributed by atoms with Gasteiger partial charge < -0.3 is 29.3 Å². The van der Waals surface area contributed by atoms with E-state index in [0.717, 1.165) is 42.6 Å². The molecule has 32 heavy (non-hydrogen) atoms. The minimum absolute atomic E-state index is 0.00915. The van der Waals surface area contributed by atoms with Crippen molar-refractivity contribution in [3.05, 3.63) is 30.0 Å². The topological polar surface area (TPSA) is 72.1 Å². The van der Waals surface area contributed by atoms with Crippen LogP contribution in [-0.2, 0) is 0 Å². The predicted octanol–water partition coefficient (Wildman–Crippen LogP) is 2.86. The van der Waals surface area contributed by atoms with Crippen molar-refractivity contribution >= 4 is 22.8 Å². The van der Waals surface area contributed by atoms with E-state index in [1.54, 1.807) is 23.9 Å². The number of rotatable bonds is 4. The van der Waals surface area contributed by atoms with Crippen LogP contribution < -0.4 is 4.74 Å². The van der Waals surface area contributed by atoms with E-state index in [1.807, 2.05) is 29.2 Å². The summed E-state index contributed by atoms with van der Waals surface area (Å²) in [6.07, 6.45) is 2.31. The Kier molecular flexibility index (Phi) is 6.60. The molecule has 0 atom stereocenters. The fourth-order valence-corrected chi connectivity index (χ4v) is 4.56. The number of hydrogen-bond acceptors (Lipinski definition) is 4. The van der Waals surface area contributed by atoms with E-state index < -0.39 is 0 Å². The Morgan fingerprint density at radius 2 is 1.66 bits per heavy atom. The zero-order chi connectivity index (χ0) is 22.8. The first-order valence-electron chi connectivity index (χ1n) is 11.6. The molecule has 0 saturated carbocycles. The summed E-state index contributed by atoms with van der Waals surface area (Å²) >= 11 is 0. The van der Waals surface area contributed by atoms with Gasteiger partial charge >= 0.3 is 6.03 Å². The van der Waals surface area contributed by atoms with Gasteiger partial charge in [0, 0.05) is 70.3 Å². The number of nitrogens with zero attached hydrogens (tertiary/aromatic N) is 4. The summed E-state index contributed by atoms with van der Waals surface area (Å²) in [7, 11) is 3.49. The Morgan fingerprint density at radius 3 is 2.28 bits per heavy atom. The van der Waals surface area contributed by atoms with Crippen molar-refractivity contribution in [2.45, 2.75) is 38.8 Å². The number of piperazine rings is 1. The number of likely N-dealkylation sites (tertiary alicyclic amines) is 1. The molecule has 4 rings (SSSR count). The quantitative estimate of drug-likeness (QED) is 0.792. The molecule has 0 aliphatic carbocycles. The molecule has 8 heteroatoms. The molecule has 3 amide bonds. The highest BCUT2D eigenvalue weighted by Gasteiger charge is 2.27. The van der Waals surface area contributed by atoms with Crippen LogP contribution in [0.2, 0.25) is 0 Å². The zero-order valence-corrected chi connectivity index (χ0v) is 19.6. The molecular weight excluding hydrogens is 406 g/mol. The van der Waals surface area contributed by atoms with Crippen molar-refractivity contribution in [1.29, 1.82) is 0 Å². The van der Waals surface area contributed by atoms with Gasteiger partial charge in [-0.1, -0.05) is 0 Å². The van der Waals surface area contributed by atoms with Crippen LogP contribution in [-0.4, -0.2) is 102 Å². The molecule has 1 aromatic carbocycles. The first-order chi connectivity index (χ1) is 15.3. The number of carbonyl (C=O) groups is 2. The summed E-state index contributed by atoms with van der Waals surface area (Å²) in [5.41, 5.74) is 1.51. The van der Waals surface area contributed by atoms with E-state index in [4.69, 9.17) is 4.74 Å². The van der Waals surface area contributed by atoms with Crippen molar-refractivity contribution in [3.63, 3.8) is 0 Å². The SMILES string of the molecule is CC(C)N1CCC(Oc2ccc3[nH]c(C(=O)N4CCN(C(=O)N(C)C)CC4)cc3c2)CC1. The first kappa shape index (κ1) is 22.5. The largest absolute Gasteiger partial charge is 0.490 e. The minimum Gasteiger partial charge on any atom is -0.490 e. The highest BCUT2D eigenvalue weighted by atomic mass is 16.5. The van der Waals surface area contributed by atoms with Gasteiger partial charge in [0.1, 0.15) is 17.5 Å². The van der Waals surface area contributed by atoms with Crippen LogP contribution in [0.3, 0.4) is 0 Å². The number of fused-ring (bicyclic) bond motifs is 1. The molecule has 174 valence electrons. The van der Waals surface area contributed by atoms with Gasteiger partial charge in [-0.2, -0.15) is 0 Å². The highest BCUT2D eigenvalue weighted by molar-refractivity contribution is 5.98. The number of benzene rings is 1. The fourth-order valence-electron chi connectivity index (χ4n) is 4.56. The third-order valence-electron chi connectivity index (χ3n) is 6.55. The second-order valence-corrected chi connectivity index (χ2v) is 9.34. The number of ether oxygens (including phenoxy) is 1. The summed E-state index contributed by atoms with van der Waals surface area (Å²) in [4.78, 5) is 36.0. The summed E-state index contributed by atoms with van der Waals surface area (Å²) in [5, 5.41) is 0.979. The molecule has 0 spiro atoms. The van der Waals surface area contributed by atoms with Crippen molar-refractivity contribution in [2.24, 2.45) is 0 Å². The van der Waals surface area contributed by atoms with Gasteiger partial charge in [-0.05, 0) is 51.0 Å². The molecule has 1 aromatic heterocycles. The fraction of sp³-hybridized carbons (Fsp3) is 0.583. The molecule has 2 aliphatic rings. The van der Waals surface area contributed by atoms with Crippen molar-refractivity contribution < 1.29 is 14.3 Å². The molecule has 1 N–H and O–H groups in total. The Morgan fingerprint density at radius 1 is 1.00 bits per heavy atom. The number of urea groups is 1. The Labute approximate surface area is 190 Å². The van der Waals surface area contributed by atoms with Crippen LogP contribution in [0.4, 0.5) is 4.79 Å². The van der Waals surface area contributed by atoms with E-state index in [-0.39, 0.29) is 18.0 Å². The molecule has 3 heterocycles. The lowest BCUT2D eigenvalue weighted by atomic mass is 10.1. The molecule has 8 nitrogen and oxygen atoms in total. The molecule has 0 radical (unpaired) electrons. The highest BCUT2D eigenvalue weighted by Crippen LogP contribution is 2.25. The van der Waals surface area contributed by atoms with Gasteiger partial charge in [0.2, 0.25) is 0 Å². The van der Waals surface area contributed by atoms with E-state index in [1.165, 1.54) is 0 Å². The summed E-state index contributed by atoms with van der Waals surface area (Å²) < 4.78 is 6.25. The molecule has 0 bridgehead atoms. The summed E-state index contributed by atoms with van der Waals surface area (Å²) in [6.45, 7) is 8.80. The van der Waals surface area contributed by atoms with E-state index >= 15 is 0 Å². The number of aromatic amines is 1. The number of piperidine rings is 1. The summed E-state index contributed by atoms with van der Waals surface area (Å²) in [5.74, 6) is 0.830. The van der Waals surface area contributed by atoms with Gasteiger partial charge in [0.15, 0.2) is 0 Å². The van der Waals surface area contributed by atoms with Crippen LogP contribution >= 0.6 is 0 Å². The van der Waals surface area contributed by atoms with Gasteiger partial charge in [0.25, 0.3) is 5.91 Å². The second-order valence-electron chi connectivity index (χ2n) is 9.34. The lowest BCUT2D eigenvalue weighted by Gasteiger charge is -2.35. The van der Waals surface area contributed by atoms with E-state index in [9.17, 15) is 9.59 Å². The van der Waals surface area contributed by atoms with Crippen LogP contribution in [0.5, 0.6) is 5.75 Å². The smallest absolute Gasteiger partial charge is 0.319 e. The maximum absolute atomic E-state index is 13.0. The van der Waals surface area contributed by atoms with E-state index in [0.29, 0.717) is 37.9 Å². The number of H-pyrrole nitrogens is 1. The van der Waals surface area contributed by atoms with Crippen LogP contribution in [0.25, 0.3) is 10.9 Å². The average Bonchev–Trinajstić information content (AvgIpc) is 3.22. The maximum Gasteiger partial charge on any atom is 0.319 e. The predicted molar refractivity (Wildman–Crippen MR) is 125 cm³/mol. The lowest BCUT2D eigenvalue weighted by molar-refractivity contribution is 0.0645. The van der Waals surface area contributed by atoms with Crippen LogP contribution in [0, 0.1) is 0 Å². The molecule has 2 aromatic rings. The number of amides is 3.